The van der Waals surface area contributed by atoms with E-state index in [1.165, 1.54) is 6.07 Å². The lowest BCUT2D eigenvalue weighted by Gasteiger charge is -2.28. The van der Waals surface area contributed by atoms with Crippen LogP contribution >= 0.6 is 23.8 Å². The van der Waals surface area contributed by atoms with E-state index in [1.807, 2.05) is 11.0 Å². The number of nitrogens with one attached hydrogen (secondary N) is 2. The van der Waals surface area contributed by atoms with E-state index in [4.69, 9.17) is 28.2 Å². The molecule has 0 spiro atoms. The first-order chi connectivity index (χ1) is 17.9. The van der Waals surface area contributed by atoms with E-state index >= 15 is 0 Å². The number of fused-ring (bicyclic) bond motifs is 1. The molecule has 0 radical (unpaired) electrons. The summed E-state index contributed by atoms with van der Waals surface area (Å²) in [4.78, 5) is 30.5. The maximum absolute atomic E-state index is 12.8. The van der Waals surface area contributed by atoms with Crippen LogP contribution < -0.4 is 15.5 Å². The van der Waals surface area contributed by atoms with Gasteiger partial charge in [-0.2, -0.15) is 0 Å². The number of rotatable bonds is 5. The summed E-state index contributed by atoms with van der Waals surface area (Å²) in [5.41, 5.74) is 3.14. The molecule has 2 N–H and O–H groups in total. The molecule has 37 heavy (non-hydrogen) atoms. The Bertz CT molecular complexity index is 1520. The smallest absolute Gasteiger partial charge is 0.293 e. The summed E-state index contributed by atoms with van der Waals surface area (Å²) in [5, 5.41) is 17.9. The monoisotopic (exact) mass is 535 g/mol. The standard InChI is InChI=1S/C26H22ClN5O4S/c27-18-8-10-23-20(15-18)29-25(36-23)17-5-4-6-19(13-17)28-26(37)30-24(33)16-7-9-21(22(14-16)32(34)35)31-11-2-1-3-12-31/h4-10,13-15H,1-3,11-12H2,(H2,28,30,33,37). The number of nitro benzene ring substituents is 1. The number of anilines is 2. The number of thiocarbonyl (C=S) groups is 1. The third kappa shape index (κ3) is 5.55. The highest BCUT2D eigenvalue weighted by Crippen LogP contribution is 2.31. The molecular weight excluding hydrogens is 514 g/mol. The molecule has 9 nitrogen and oxygen atoms in total. The second-order valence-corrected chi connectivity index (χ2v) is 9.47. The van der Waals surface area contributed by atoms with Gasteiger partial charge in [-0.25, -0.2) is 4.98 Å². The van der Waals surface area contributed by atoms with E-state index in [9.17, 15) is 14.9 Å². The fourth-order valence-corrected chi connectivity index (χ4v) is 4.68. The molecule has 2 heterocycles. The summed E-state index contributed by atoms with van der Waals surface area (Å²) < 4.78 is 5.82. The van der Waals surface area contributed by atoms with E-state index in [2.05, 4.69) is 15.6 Å². The molecular formula is C26H22ClN5O4S. The van der Waals surface area contributed by atoms with Crippen LogP contribution in [0.4, 0.5) is 17.1 Å². The van der Waals surface area contributed by atoms with E-state index in [0.29, 0.717) is 39.0 Å². The molecule has 0 saturated carbocycles. The largest absolute Gasteiger partial charge is 0.436 e. The van der Waals surface area contributed by atoms with Crippen LogP contribution in [0.5, 0.6) is 0 Å². The van der Waals surface area contributed by atoms with Gasteiger partial charge in [0.05, 0.1) is 4.92 Å². The number of amides is 1. The van der Waals surface area contributed by atoms with Gasteiger partial charge in [0.1, 0.15) is 11.2 Å². The van der Waals surface area contributed by atoms with E-state index in [0.717, 1.165) is 32.4 Å². The minimum Gasteiger partial charge on any atom is -0.436 e. The molecule has 0 aliphatic carbocycles. The lowest BCUT2D eigenvalue weighted by molar-refractivity contribution is -0.384. The number of nitrogens with zero attached hydrogens (tertiary/aromatic N) is 3. The number of benzene rings is 3. The van der Waals surface area contributed by atoms with E-state index in [1.54, 1.807) is 48.5 Å². The minimum absolute atomic E-state index is 0.0502. The first kappa shape index (κ1) is 24.7. The van der Waals surface area contributed by atoms with Gasteiger partial charge in [-0.1, -0.05) is 17.7 Å². The number of nitro groups is 1. The van der Waals surface area contributed by atoms with Gasteiger partial charge in [0, 0.05) is 41.0 Å². The summed E-state index contributed by atoms with van der Waals surface area (Å²) >= 11 is 11.3. The Balaban J connectivity index is 1.28. The molecule has 1 aliphatic rings. The van der Waals surface area contributed by atoms with Gasteiger partial charge in [-0.3, -0.25) is 20.2 Å². The van der Waals surface area contributed by atoms with Gasteiger partial charge >= 0.3 is 0 Å². The molecule has 1 aromatic heterocycles. The fourth-order valence-electron chi connectivity index (χ4n) is 4.30. The van der Waals surface area contributed by atoms with Crippen LogP contribution in [0.2, 0.25) is 5.02 Å². The third-order valence-electron chi connectivity index (χ3n) is 6.08. The summed E-state index contributed by atoms with van der Waals surface area (Å²) in [6.07, 6.45) is 3.09. The molecule has 1 saturated heterocycles. The Morgan fingerprint density at radius 1 is 1.08 bits per heavy atom. The first-order valence-corrected chi connectivity index (χ1v) is 12.5. The highest BCUT2D eigenvalue weighted by atomic mass is 35.5. The van der Waals surface area contributed by atoms with Crippen LogP contribution in [0.1, 0.15) is 29.6 Å². The Hall–Kier alpha value is -4.02. The van der Waals surface area contributed by atoms with Crippen molar-refractivity contribution in [3.05, 3.63) is 81.4 Å². The van der Waals surface area contributed by atoms with Crippen LogP contribution in [0, 0.1) is 10.1 Å². The minimum atomic E-state index is -0.544. The SMILES string of the molecule is O=C(NC(=S)Nc1cccc(-c2nc3cc(Cl)ccc3o2)c1)c1ccc(N2CCCCC2)c([N+](=O)[O-])c1. The molecule has 0 unspecified atom stereocenters. The second-order valence-electron chi connectivity index (χ2n) is 8.63. The van der Waals surface area contributed by atoms with Crippen LogP contribution in [0.15, 0.2) is 65.1 Å². The van der Waals surface area contributed by atoms with Crippen LogP contribution in [-0.4, -0.2) is 34.0 Å². The normalized spacial score (nSPS) is 13.4. The lowest BCUT2D eigenvalue weighted by atomic mass is 10.1. The molecule has 5 rings (SSSR count). The molecule has 0 atom stereocenters. The molecule has 188 valence electrons. The average Bonchev–Trinajstić information content (AvgIpc) is 3.32. The van der Waals surface area contributed by atoms with Crippen molar-refractivity contribution in [3.8, 4) is 11.5 Å². The maximum Gasteiger partial charge on any atom is 0.293 e. The highest BCUT2D eigenvalue weighted by molar-refractivity contribution is 7.80. The zero-order valence-corrected chi connectivity index (χ0v) is 21.1. The Kier molecular flexibility index (Phi) is 7.02. The Morgan fingerprint density at radius 2 is 1.89 bits per heavy atom. The first-order valence-electron chi connectivity index (χ1n) is 11.7. The van der Waals surface area contributed by atoms with Crippen LogP contribution in [0.25, 0.3) is 22.6 Å². The topological polar surface area (TPSA) is 114 Å². The van der Waals surface area contributed by atoms with Crippen molar-refractivity contribution in [2.45, 2.75) is 19.3 Å². The number of piperidine rings is 1. The zero-order valence-electron chi connectivity index (χ0n) is 19.6. The predicted octanol–water partition coefficient (Wildman–Crippen LogP) is 6.17. The molecule has 0 bridgehead atoms. The number of hydrogen-bond donors (Lipinski definition) is 2. The predicted molar refractivity (Wildman–Crippen MR) is 147 cm³/mol. The number of aromatic nitrogens is 1. The summed E-state index contributed by atoms with van der Waals surface area (Å²) in [7, 11) is 0. The van der Waals surface area contributed by atoms with Gasteiger partial charge in [-0.05, 0) is 80.0 Å². The van der Waals surface area contributed by atoms with Gasteiger partial charge in [-0.15, -0.1) is 0 Å². The molecule has 1 fully saturated rings. The van der Waals surface area contributed by atoms with Gasteiger partial charge in [0.2, 0.25) is 5.89 Å². The molecule has 3 aromatic carbocycles. The summed E-state index contributed by atoms with van der Waals surface area (Å²) in [6.45, 7) is 1.52. The van der Waals surface area contributed by atoms with Crippen molar-refractivity contribution >= 4 is 63.0 Å². The van der Waals surface area contributed by atoms with Crippen molar-refractivity contribution in [2.75, 3.05) is 23.3 Å². The van der Waals surface area contributed by atoms with E-state index in [-0.39, 0.29) is 16.4 Å². The Morgan fingerprint density at radius 3 is 2.68 bits per heavy atom. The van der Waals surface area contributed by atoms with Crippen LogP contribution in [-0.2, 0) is 0 Å². The van der Waals surface area contributed by atoms with Crippen molar-refractivity contribution in [3.63, 3.8) is 0 Å². The third-order valence-corrected chi connectivity index (χ3v) is 6.51. The van der Waals surface area contributed by atoms with Crippen molar-refractivity contribution in [1.29, 1.82) is 0 Å². The van der Waals surface area contributed by atoms with Crippen molar-refractivity contribution in [2.24, 2.45) is 0 Å². The zero-order chi connectivity index (χ0) is 25.9. The quantitative estimate of drug-likeness (QED) is 0.177. The molecule has 4 aromatic rings. The highest BCUT2D eigenvalue weighted by Gasteiger charge is 2.23. The molecule has 1 aliphatic heterocycles. The Labute approximate surface area is 222 Å². The van der Waals surface area contributed by atoms with E-state index < -0.39 is 10.8 Å². The van der Waals surface area contributed by atoms with Gasteiger partial charge < -0.3 is 14.6 Å². The fraction of sp³-hybridized carbons (Fsp3) is 0.192. The molecule has 1 amide bonds. The van der Waals surface area contributed by atoms with Crippen molar-refractivity contribution < 1.29 is 14.1 Å². The maximum atomic E-state index is 12.8. The van der Waals surface area contributed by atoms with Gasteiger partial charge in [0.15, 0.2) is 10.7 Å². The average molecular weight is 536 g/mol. The number of hydrogen-bond acceptors (Lipinski definition) is 7. The number of oxazole rings is 1. The van der Waals surface area contributed by atoms with Gasteiger partial charge in [0.25, 0.3) is 11.6 Å². The van der Waals surface area contributed by atoms with Crippen molar-refractivity contribution in [1.82, 2.24) is 10.3 Å². The number of carbonyl (C=O) groups is 1. The second kappa shape index (κ2) is 10.5. The van der Waals surface area contributed by atoms with Crippen LogP contribution in [0.3, 0.4) is 0 Å². The molecule has 11 heteroatoms. The summed E-state index contributed by atoms with van der Waals surface area (Å²) in [6, 6.07) is 16.9. The summed E-state index contributed by atoms with van der Waals surface area (Å²) in [5.74, 6) is -0.130. The number of carbonyl (C=O) groups excluding carboxylic acids is 1. The number of halogens is 1. The lowest BCUT2D eigenvalue weighted by Crippen LogP contribution is -2.34.